The van der Waals surface area contributed by atoms with Gasteiger partial charge in [0, 0.05) is 6.54 Å². The summed E-state index contributed by atoms with van der Waals surface area (Å²) in [5.74, 6) is -0.0529. The van der Waals surface area contributed by atoms with Crippen molar-refractivity contribution in [2.24, 2.45) is 5.92 Å². The maximum absolute atomic E-state index is 12.9. The van der Waals surface area contributed by atoms with Crippen LogP contribution in [-0.4, -0.2) is 18.4 Å². The molecule has 0 aromatic heterocycles. The van der Waals surface area contributed by atoms with E-state index in [0.29, 0.717) is 23.7 Å². The largest absolute Gasteiger partial charge is 0.352 e. The Hall–Kier alpha value is -3.40. The number of carbonyl (C=O) groups is 2. The van der Waals surface area contributed by atoms with E-state index in [1.165, 1.54) is 11.1 Å². The molecule has 3 rings (SSSR count). The van der Waals surface area contributed by atoms with E-state index < -0.39 is 0 Å². The lowest BCUT2D eigenvalue weighted by Crippen LogP contribution is -2.27. The second-order valence-corrected chi connectivity index (χ2v) is 8.59. The highest BCUT2D eigenvalue weighted by atomic mass is 16.2. The van der Waals surface area contributed by atoms with E-state index in [1.807, 2.05) is 55.5 Å². The number of para-hydroxylation sites is 1. The molecule has 2 amide bonds. The summed E-state index contributed by atoms with van der Waals surface area (Å²) in [6.45, 7) is 6.80. The molecule has 0 aliphatic rings. The zero-order valence-electron chi connectivity index (χ0n) is 19.1. The number of rotatable bonds is 9. The number of nitrogens with one attached hydrogen (secondary N) is 2. The van der Waals surface area contributed by atoms with Crippen molar-refractivity contribution in [3.05, 3.63) is 101 Å². The summed E-state index contributed by atoms with van der Waals surface area (Å²) in [5, 5.41) is 5.90. The van der Waals surface area contributed by atoms with E-state index in [2.05, 4.69) is 36.6 Å². The lowest BCUT2D eigenvalue weighted by atomic mass is 9.96. The second kappa shape index (κ2) is 11.3. The van der Waals surface area contributed by atoms with Crippen molar-refractivity contribution in [3.8, 4) is 0 Å². The molecule has 0 fully saturated rings. The number of hydrogen-bond acceptors (Lipinski definition) is 2. The predicted octanol–water partition coefficient (Wildman–Crippen LogP) is 5.60. The van der Waals surface area contributed by atoms with Gasteiger partial charge >= 0.3 is 0 Å². The monoisotopic (exact) mass is 428 g/mol. The molecule has 0 aliphatic heterocycles. The Kier molecular flexibility index (Phi) is 8.20. The SMILES string of the molecule is CC(C)Cc1ccc(C(C)C(=O)Nc2ccccc2C(=O)NCCc2ccccc2)cc1. The van der Waals surface area contributed by atoms with Crippen LogP contribution in [0, 0.1) is 5.92 Å². The fourth-order valence-electron chi connectivity index (χ4n) is 3.66. The minimum Gasteiger partial charge on any atom is -0.352 e. The Balaban J connectivity index is 1.61. The van der Waals surface area contributed by atoms with Crippen LogP contribution in [0.1, 0.15) is 53.7 Å². The Labute approximate surface area is 191 Å². The highest BCUT2D eigenvalue weighted by Gasteiger charge is 2.18. The zero-order valence-corrected chi connectivity index (χ0v) is 19.1. The third kappa shape index (κ3) is 6.55. The van der Waals surface area contributed by atoms with Crippen LogP contribution in [0.2, 0.25) is 0 Å². The van der Waals surface area contributed by atoms with Gasteiger partial charge in [0.25, 0.3) is 5.91 Å². The first-order chi connectivity index (χ1) is 15.4. The maximum Gasteiger partial charge on any atom is 0.253 e. The molecule has 0 saturated carbocycles. The van der Waals surface area contributed by atoms with Gasteiger partial charge in [0.05, 0.1) is 17.2 Å². The molecule has 3 aromatic rings. The fourth-order valence-corrected chi connectivity index (χ4v) is 3.66. The summed E-state index contributed by atoms with van der Waals surface area (Å²) >= 11 is 0. The summed E-state index contributed by atoms with van der Waals surface area (Å²) in [7, 11) is 0. The number of benzene rings is 3. The molecule has 4 nitrogen and oxygen atoms in total. The fraction of sp³-hybridized carbons (Fsp3) is 0.286. The van der Waals surface area contributed by atoms with Gasteiger partial charge in [0.1, 0.15) is 0 Å². The van der Waals surface area contributed by atoms with E-state index in [4.69, 9.17) is 0 Å². The molecular weight excluding hydrogens is 396 g/mol. The Bertz CT molecular complexity index is 1030. The Morgan fingerprint density at radius 2 is 1.44 bits per heavy atom. The third-order valence-electron chi connectivity index (χ3n) is 5.49. The number of amides is 2. The van der Waals surface area contributed by atoms with Crippen molar-refractivity contribution in [1.82, 2.24) is 5.32 Å². The van der Waals surface area contributed by atoms with Gasteiger partial charge in [-0.2, -0.15) is 0 Å². The predicted molar refractivity (Wildman–Crippen MR) is 131 cm³/mol. The summed E-state index contributed by atoms with van der Waals surface area (Å²) < 4.78 is 0. The molecule has 0 spiro atoms. The molecule has 32 heavy (non-hydrogen) atoms. The van der Waals surface area contributed by atoms with Gasteiger partial charge in [-0.1, -0.05) is 80.6 Å². The molecule has 4 heteroatoms. The van der Waals surface area contributed by atoms with E-state index in [9.17, 15) is 9.59 Å². The van der Waals surface area contributed by atoms with E-state index >= 15 is 0 Å². The summed E-state index contributed by atoms with van der Waals surface area (Å²) in [4.78, 5) is 25.6. The molecule has 0 radical (unpaired) electrons. The normalized spacial score (nSPS) is 11.8. The highest BCUT2D eigenvalue weighted by molar-refractivity contribution is 6.05. The average molecular weight is 429 g/mol. The molecule has 0 aliphatic carbocycles. The van der Waals surface area contributed by atoms with Crippen LogP contribution in [0.3, 0.4) is 0 Å². The quantitative estimate of drug-likeness (QED) is 0.466. The molecular formula is C28H32N2O2. The third-order valence-corrected chi connectivity index (χ3v) is 5.49. The molecule has 2 N–H and O–H groups in total. The smallest absolute Gasteiger partial charge is 0.253 e. The molecule has 3 aromatic carbocycles. The number of hydrogen-bond donors (Lipinski definition) is 2. The Morgan fingerprint density at radius 1 is 0.781 bits per heavy atom. The van der Waals surface area contributed by atoms with E-state index in [1.54, 1.807) is 18.2 Å². The van der Waals surface area contributed by atoms with Crippen LogP contribution in [0.4, 0.5) is 5.69 Å². The molecule has 0 bridgehead atoms. The van der Waals surface area contributed by atoms with Gasteiger partial charge in [0.15, 0.2) is 0 Å². The first-order valence-electron chi connectivity index (χ1n) is 11.2. The van der Waals surface area contributed by atoms with Crippen LogP contribution in [0.5, 0.6) is 0 Å². The zero-order chi connectivity index (χ0) is 22.9. The molecule has 0 heterocycles. The van der Waals surface area contributed by atoms with Crippen LogP contribution in [-0.2, 0) is 17.6 Å². The van der Waals surface area contributed by atoms with Crippen molar-refractivity contribution in [3.63, 3.8) is 0 Å². The standard InChI is InChI=1S/C28H32N2O2/c1-20(2)19-23-13-15-24(16-14-23)21(3)27(31)30-26-12-8-7-11-25(26)28(32)29-18-17-22-9-5-4-6-10-22/h4-16,20-21H,17-19H2,1-3H3,(H,29,32)(H,30,31). The first-order valence-corrected chi connectivity index (χ1v) is 11.2. The molecule has 1 atom stereocenters. The van der Waals surface area contributed by atoms with Crippen LogP contribution in [0.15, 0.2) is 78.9 Å². The van der Waals surface area contributed by atoms with Gasteiger partial charge in [0.2, 0.25) is 5.91 Å². The Morgan fingerprint density at radius 3 is 2.12 bits per heavy atom. The van der Waals surface area contributed by atoms with Gasteiger partial charge in [-0.25, -0.2) is 0 Å². The topological polar surface area (TPSA) is 58.2 Å². The lowest BCUT2D eigenvalue weighted by molar-refractivity contribution is -0.117. The number of carbonyl (C=O) groups excluding carboxylic acids is 2. The van der Waals surface area contributed by atoms with Crippen molar-refractivity contribution in [2.45, 2.75) is 39.5 Å². The van der Waals surface area contributed by atoms with Crippen molar-refractivity contribution >= 4 is 17.5 Å². The first kappa shape index (κ1) is 23.3. The van der Waals surface area contributed by atoms with Gasteiger partial charge in [-0.15, -0.1) is 0 Å². The molecule has 1 unspecified atom stereocenters. The van der Waals surface area contributed by atoms with E-state index in [-0.39, 0.29) is 17.7 Å². The van der Waals surface area contributed by atoms with E-state index in [0.717, 1.165) is 18.4 Å². The summed E-state index contributed by atoms with van der Waals surface area (Å²) in [6.07, 6.45) is 1.78. The highest BCUT2D eigenvalue weighted by Crippen LogP contribution is 2.21. The second-order valence-electron chi connectivity index (χ2n) is 8.59. The summed E-state index contributed by atoms with van der Waals surface area (Å²) in [5.41, 5.74) is 4.39. The minimum atomic E-state index is -0.322. The van der Waals surface area contributed by atoms with Crippen LogP contribution >= 0.6 is 0 Å². The van der Waals surface area contributed by atoms with Gasteiger partial charge in [-0.3, -0.25) is 9.59 Å². The van der Waals surface area contributed by atoms with Crippen molar-refractivity contribution < 1.29 is 9.59 Å². The van der Waals surface area contributed by atoms with Crippen molar-refractivity contribution in [1.29, 1.82) is 0 Å². The summed E-state index contributed by atoms with van der Waals surface area (Å²) in [6, 6.07) is 25.4. The van der Waals surface area contributed by atoms with Crippen LogP contribution < -0.4 is 10.6 Å². The molecule has 0 saturated heterocycles. The molecule has 166 valence electrons. The maximum atomic E-state index is 12.9. The average Bonchev–Trinajstić information content (AvgIpc) is 2.79. The minimum absolute atomic E-state index is 0.133. The van der Waals surface area contributed by atoms with Crippen LogP contribution in [0.25, 0.3) is 0 Å². The van der Waals surface area contributed by atoms with Gasteiger partial charge < -0.3 is 10.6 Å². The number of anilines is 1. The lowest BCUT2D eigenvalue weighted by Gasteiger charge is -2.16. The van der Waals surface area contributed by atoms with Crippen molar-refractivity contribution in [2.75, 3.05) is 11.9 Å². The van der Waals surface area contributed by atoms with Gasteiger partial charge in [-0.05, 0) is 54.5 Å².